The van der Waals surface area contributed by atoms with Gasteiger partial charge in [-0.1, -0.05) is 36.4 Å². The van der Waals surface area contributed by atoms with Gasteiger partial charge in [-0.15, -0.1) is 0 Å². The fourth-order valence-electron chi connectivity index (χ4n) is 2.43. The first kappa shape index (κ1) is 18.5. The number of amides is 1. The Bertz CT molecular complexity index is 836. The van der Waals surface area contributed by atoms with Gasteiger partial charge < -0.3 is 14.8 Å². The average Bonchev–Trinajstić information content (AvgIpc) is 2.72. The van der Waals surface area contributed by atoms with Crippen LogP contribution in [0.15, 0.2) is 79.0 Å². The summed E-state index contributed by atoms with van der Waals surface area (Å²) in [6, 6.07) is 22.6. The van der Waals surface area contributed by atoms with Gasteiger partial charge in [-0.3, -0.25) is 9.78 Å². The van der Waals surface area contributed by atoms with E-state index in [4.69, 9.17) is 9.47 Å². The van der Waals surface area contributed by atoms with E-state index in [2.05, 4.69) is 10.3 Å². The van der Waals surface area contributed by atoms with Gasteiger partial charge in [-0.2, -0.15) is 0 Å². The van der Waals surface area contributed by atoms with Crippen molar-refractivity contribution in [2.45, 2.75) is 26.2 Å². The van der Waals surface area contributed by atoms with E-state index in [-0.39, 0.29) is 5.91 Å². The predicted molar refractivity (Wildman–Crippen MR) is 103 cm³/mol. The summed E-state index contributed by atoms with van der Waals surface area (Å²) in [5.74, 6) is 1.28. The van der Waals surface area contributed by atoms with Gasteiger partial charge in [0.2, 0.25) is 0 Å². The Balaban J connectivity index is 1.44. The molecule has 3 aromatic rings. The van der Waals surface area contributed by atoms with Crippen molar-refractivity contribution < 1.29 is 14.3 Å². The number of nitrogens with zero attached hydrogens (tertiary/aromatic N) is 1. The highest BCUT2D eigenvalue weighted by molar-refractivity contribution is 5.80. The highest BCUT2D eigenvalue weighted by Gasteiger charge is 2.14. The second kappa shape index (κ2) is 9.38. The maximum Gasteiger partial charge on any atom is 0.261 e. The van der Waals surface area contributed by atoms with Crippen molar-refractivity contribution >= 4 is 5.91 Å². The van der Waals surface area contributed by atoms with Crippen molar-refractivity contribution in [2.24, 2.45) is 0 Å². The Hall–Kier alpha value is -3.34. The van der Waals surface area contributed by atoms with Crippen molar-refractivity contribution in [3.8, 4) is 11.5 Å². The molecular weight excluding hydrogens is 340 g/mol. The van der Waals surface area contributed by atoms with Gasteiger partial charge in [-0.25, -0.2) is 0 Å². The summed E-state index contributed by atoms with van der Waals surface area (Å²) in [5, 5.41) is 2.88. The van der Waals surface area contributed by atoms with E-state index in [0.29, 0.717) is 18.9 Å². The smallest absolute Gasteiger partial charge is 0.261 e. The van der Waals surface area contributed by atoms with E-state index in [1.165, 1.54) is 0 Å². The molecule has 1 atom stereocenters. The largest absolute Gasteiger partial charge is 0.487 e. The van der Waals surface area contributed by atoms with Gasteiger partial charge in [-0.05, 0) is 48.9 Å². The monoisotopic (exact) mass is 362 g/mol. The lowest BCUT2D eigenvalue weighted by molar-refractivity contribution is -0.127. The maximum absolute atomic E-state index is 12.2. The van der Waals surface area contributed by atoms with E-state index in [1.807, 2.05) is 72.8 Å². The zero-order valence-corrected chi connectivity index (χ0v) is 15.2. The van der Waals surface area contributed by atoms with E-state index < -0.39 is 6.10 Å². The summed E-state index contributed by atoms with van der Waals surface area (Å²) >= 11 is 0. The number of rotatable bonds is 8. The number of hydrogen-bond donors (Lipinski definition) is 1. The topological polar surface area (TPSA) is 60.5 Å². The van der Waals surface area contributed by atoms with E-state index in [0.717, 1.165) is 17.0 Å². The molecule has 5 heteroatoms. The molecule has 5 nitrogen and oxygen atoms in total. The fraction of sp³-hybridized carbons (Fsp3) is 0.182. The number of ether oxygens (including phenoxy) is 2. The normalized spacial score (nSPS) is 11.4. The van der Waals surface area contributed by atoms with Crippen molar-refractivity contribution in [3.05, 3.63) is 90.3 Å². The SMILES string of the molecule is CC(Oc1ccccc1)C(=O)NCc1ccc(OCc2ccccn2)cc1. The Kier molecular flexibility index (Phi) is 6.41. The molecule has 1 aromatic heterocycles. The van der Waals surface area contributed by atoms with E-state index in [1.54, 1.807) is 13.1 Å². The summed E-state index contributed by atoms with van der Waals surface area (Å²) in [6.07, 6.45) is 1.18. The Labute approximate surface area is 159 Å². The number of pyridine rings is 1. The first-order valence-electron chi connectivity index (χ1n) is 8.82. The summed E-state index contributed by atoms with van der Waals surface area (Å²) in [6.45, 7) is 2.59. The number of aromatic nitrogens is 1. The first-order chi connectivity index (χ1) is 13.2. The highest BCUT2D eigenvalue weighted by Crippen LogP contribution is 2.14. The van der Waals surface area contributed by atoms with Gasteiger partial charge in [0.1, 0.15) is 18.1 Å². The number of nitrogens with one attached hydrogen (secondary N) is 1. The van der Waals surface area contributed by atoms with Crippen LogP contribution < -0.4 is 14.8 Å². The lowest BCUT2D eigenvalue weighted by Crippen LogP contribution is -2.35. The zero-order chi connectivity index (χ0) is 18.9. The van der Waals surface area contributed by atoms with Gasteiger partial charge in [0, 0.05) is 12.7 Å². The molecule has 0 aliphatic carbocycles. The molecule has 1 unspecified atom stereocenters. The molecule has 0 saturated carbocycles. The van der Waals surface area contributed by atoms with Gasteiger partial charge in [0.15, 0.2) is 6.10 Å². The molecule has 0 aliphatic heterocycles. The number of carbonyl (C=O) groups excluding carboxylic acids is 1. The van der Waals surface area contributed by atoms with Crippen LogP contribution in [0.5, 0.6) is 11.5 Å². The minimum atomic E-state index is -0.562. The average molecular weight is 362 g/mol. The van der Waals surface area contributed by atoms with Gasteiger partial charge >= 0.3 is 0 Å². The number of benzene rings is 2. The van der Waals surface area contributed by atoms with Crippen molar-refractivity contribution in [2.75, 3.05) is 0 Å². The second-order valence-corrected chi connectivity index (χ2v) is 6.04. The van der Waals surface area contributed by atoms with Crippen LogP contribution in [-0.4, -0.2) is 17.0 Å². The molecule has 1 N–H and O–H groups in total. The zero-order valence-electron chi connectivity index (χ0n) is 15.2. The van der Waals surface area contributed by atoms with Crippen LogP contribution in [-0.2, 0) is 17.9 Å². The minimum Gasteiger partial charge on any atom is -0.487 e. The van der Waals surface area contributed by atoms with Gasteiger partial charge in [0.25, 0.3) is 5.91 Å². The van der Waals surface area contributed by atoms with E-state index >= 15 is 0 Å². The molecule has 0 spiro atoms. The van der Waals surface area contributed by atoms with Crippen molar-refractivity contribution in [1.29, 1.82) is 0 Å². The fourth-order valence-corrected chi connectivity index (χ4v) is 2.43. The van der Waals surface area contributed by atoms with Crippen molar-refractivity contribution in [3.63, 3.8) is 0 Å². The Morgan fingerprint density at radius 2 is 1.70 bits per heavy atom. The number of para-hydroxylation sites is 1. The molecule has 0 saturated heterocycles. The molecule has 0 radical (unpaired) electrons. The van der Waals surface area contributed by atoms with Crippen LogP contribution in [0.2, 0.25) is 0 Å². The van der Waals surface area contributed by atoms with Crippen LogP contribution in [0.4, 0.5) is 0 Å². The second-order valence-electron chi connectivity index (χ2n) is 6.04. The summed E-state index contributed by atoms with van der Waals surface area (Å²) in [4.78, 5) is 16.4. The summed E-state index contributed by atoms with van der Waals surface area (Å²) in [7, 11) is 0. The number of carbonyl (C=O) groups is 1. The molecule has 27 heavy (non-hydrogen) atoms. The quantitative estimate of drug-likeness (QED) is 0.663. The van der Waals surface area contributed by atoms with Crippen LogP contribution in [0.3, 0.4) is 0 Å². The van der Waals surface area contributed by atoms with Crippen LogP contribution in [0.1, 0.15) is 18.2 Å². The molecule has 1 heterocycles. The predicted octanol–water partition coefficient (Wildman–Crippen LogP) is 3.74. The van der Waals surface area contributed by atoms with Crippen LogP contribution in [0, 0.1) is 0 Å². The Morgan fingerprint density at radius 3 is 2.41 bits per heavy atom. The molecule has 0 fully saturated rings. The van der Waals surface area contributed by atoms with Crippen LogP contribution in [0.25, 0.3) is 0 Å². The first-order valence-corrected chi connectivity index (χ1v) is 8.82. The molecule has 2 aromatic carbocycles. The maximum atomic E-state index is 12.2. The third-order valence-corrected chi connectivity index (χ3v) is 3.93. The summed E-state index contributed by atoms with van der Waals surface area (Å²) in [5.41, 5.74) is 1.86. The molecule has 3 rings (SSSR count). The van der Waals surface area contributed by atoms with Crippen LogP contribution >= 0.6 is 0 Å². The van der Waals surface area contributed by atoms with Gasteiger partial charge in [0.05, 0.1) is 5.69 Å². The number of hydrogen-bond acceptors (Lipinski definition) is 4. The summed E-state index contributed by atoms with van der Waals surface area (Å²) < 4.78 is 11.3. The lowest BCUT2D eigenvalue weighted by Gasteiger charge is -2.14. The molecule has 0 aliphatic rings. The lowest BCUT2D eigenvalue weighted by atomic mass is 10.2. The van der Waals surface area contributed by atoms with E-state index in [9.17, 15) is 4.79 Å². The Morgan fingerprint density at radius 1 is 0.963 bits per heavy atom. The minimum absolute atomic E-state index is 0.158. The highest BCUT2D eigenvalue weighted by atomic mass is 16.5. The third kappa shape index (κ3) is 5.85. The molecule has 1 amide bonds. The third-order valence-electron chi connectivity index (χ3n) is 3.93. The molecular formula is C22H22N2O3. The molecule has 0 bridgehead atoms. The molecule has 138 valence electrons. The van der Waals surface area contributed by atoms with Crippen molar-refractivity contribution in [1.82, 2.24) is 10.3 Å². The standard InChI is InChI=1S/C22H22N2O3/c1-17(27-21-8-3-2-4-9-21)22(25)24-15-18-10-12-20(13-11-18)26-16-19-7-5-6-14-23-19/h2-14,17H,15-16H2,1H3,(H,24,25).